The number of rotatable bonds is 6. The van der Waals surface area contributed by atoms with Crippen LogP contribution in [0.15, 0.2) is 51.8 Å². The Morgan fingerprint density at radius 1 is 1.07 bits per heavy atom. The average molecular weight is 395 g/mol. The summed E-state index contributed by atoms with van der Waals surface area (Å²) in [5.41, 5.74) is 1.17. The highest BCUT2D eigenvalue weighted by molar-refractivity contribution is 5.92. The monoisotopic (exact) mass is 395 g/mol. The molecule has 0 saturated carbocycles. The van der Waals surface area contributed by atoms with Gasteiger partial charge in [0.25, 0.3) is 11.4 Å². The molecular weight excluding hydrogens is 374 g/mol. The van der Waals surface area contributed by atoms with Gasteiger partial charge in [-0.15, -0.1) is 0 Å². The quantitative estimate of drug-likeness (QED) is 0.662. The molecule has 0 radical (unpaired) electrons. The molecule has 9 nitrogen and oxygen atoms in total. The maximum absolute atomic E-state index is 12.5. The molecule has 29 heavy (non-hydrogen) atoms. The summed E-state index contributed by atoms with van der Waals surface area (Å²) in [7, 11) is 0. The number of carbonyl (C=O) groups excluding carboxylic acids is 2. The fourth-order valence-corrected chi connectivity index (χ4v) is 2.63. The number of hydrogen-bond donors (Lipinski definition) is 2. The van der Waals surface area contributed by atoms with Gasteiger partial charge in [-0.25, -0.2) is 0 Å². The van der Waals surface area contributed by atoms with Gasteiger partial charge in [0.05, 0.1) is 0 Å². The van der Waals surface area contributed by atoms with E-state index in [1.165, 1.54) is 17.6 Å². The second-order valence-corrected chi connectivity index (χ2v) is 6.75. The minimum Gasteiger partial charge on any atom is -0.332 e. The van der Waals surface area contributed by atoms with E-state index in [0.29, 0.717) is 22.9 Å². The lowest BCUT2D eigenvalue weighted by Crippen LogP contribution is -2.28. The summed E-state index contributed by atoms with van der Waals surface area (Å²) >= 11 is 0. The smallest absolute Gasteiger partial charge is 0.274 e. The Hall–Kier alpha value is -3.75. The Balaban J connectivity index is 1.78. The number of nitrogens with one attached hydrogen (secondary N) is 2. The van der Waals surface area contributed by atoms with Crippen LogP contribution in [0.3, 0.4) is 0 Å². The highest BCUT2D eigenvalue weighted by Crippen LogP contribution is 2.19. The van der Waals surface area contributed by atoms with Gasteiger partial charge >= 0.3 is 0 Å². The predicted molar refractivity (Wildman–Crippen MR) is 107 cm³/mol. The fraction of sp³-hybridized carbons (Fsp3) is 0.250. The zero-order valence-corrected chi connectivity index (χ0v) is 16.3. The van der Waals surface area contributed by atoms with Crippen LogP contribution in [0.1, 0.15) is 32.5 Å². The number of carbonyl (C=O) groups is 2. The van der Waals surface area contributed by atoms with Crippen LogP contribution in [0.2, 0.25) is 0 Å². The number of aromatic nitrogens is 3. The van der Waals surface area contributed by atoms with Crippen molar-refractivity contribution in [2.45, 2.75) is 33.2 Å². The van der Waals surface area contributed by atoms with Crippen LogP contribution in [0.5, 0.6) is 0 Å². The van der Waals surface area contributed by atoms with E-state index in [9.17, 15) is 14.4 Å². The number of pyridine rings is 1. The topological polar surface area (TPSA) is 119 Å². The van der Waals surface area contributed by atoms with E-state index < -0.39 is 5.91 Å². The van der Waals surface area contributed by atoms with Crippen molar-refractivity contribution in [3.8, 4) is 11.6 Å². The minimum absolute atomic E-state index is 0.0696. The first-order valence-corrected chi connectivity index (χ1v) is 9.05. The first-order chi connectivity index (χ1) is 13.8. The van der Waals surface area contributed by atoms with Crippen molar-refractivity contribution in [1.82, 2.24) is 14.7 Å². The van der Waals surface area contributed by atoms with Crippen LogP contribution in [0, 0.1) is 0 Å². The Morgan fingerprint density at radius 3 is 2.31 bits per heavy atom. The zero-order valence-electron chi connectivity index (χ0n) is 16.3. The van der Waals surface area contributed by atoms with Gasteiger partial charge in [-0.05, 0) is 30.3 Å². The van der Waals surface area contributed by atoms with E-state index in [2.05, 4.69) is 20.8 Å². The lowest BCUT2D eigenvalue weighted by Gasteiger charge is -2.11. The lowest BCUT2D eigenvalue weighted by atomic mass is 10.2. The summed E-state index contributed by atoms with van der Waals surface area (Å²) in [4.78, 5) is 40.2. The van der Waals surface area contributed by atoms with Gasteiger partial charge in [-0.3, -0.25) is 19.0 Å². The third-order valence-corrected chi connectivity index (χ3v) is 4.02. The predicted octanol–water partition coefficient (Wildman–Crippen LogP) is 2.62. The largest absolute Gasteiger partial charge is 0.332 e. The van der Waals surface area contributed by atoms with E-state index >= 15 is 0 Å². The number of anilines is 2. The van der Waals surface area contributed by atoms with Gasteiger partial charge in [-0.1, -0.05) is 25.1 Å². The van der Waals surface area contributed by atoms with Gasteiger partial charge in [0.15, 0.2) is 5.82 Å². The fourth-order valence-electron chi connectivity index (χ4n) is 2.63. The highest BCUT2D eigenvalue weighted by atomic mass is 16.5. The van der Waals surface area contributed by atoms with Gasteiger partial charge in [0.2, 0.25) is 11.8 Å². The van der Waals surface area contributed by atoms with Gasteiger partial charge in [-0.2, -0.15) is 4.98 Å². The number of nitrogens with zero attached hydrogens (tertiary/aromatic N) is 3. The molecule has 2 N–H and O–H groups in total. The highest BCUT2D eigenvalue weighted by Gasteiger charge is 2.17. The molecule has 0 bridgehead atoms. The second-order valence-electron chi connectivity index (χ2n) is 6.75. The van der Waals surface area contributed by atoms with Crippen LogP contribution in [-0.2, 0) is 16.1 Å². The molecule has 9 heteroatoms. The van der Waals surface area contributed by atoms with Crippen molar-refractivity contribution < 1.29 is 14.1 Å². The molecular formula is C20H21N5O4. The number of hydrogen-bond acceptors (Lipinski definition) is 6. The standard InChI is InChI=1S/C20H21N5O4/c1-12(2)19-23-20(29-24-19)16-5-4-6-18(28)25(16)11-17(27)22-15-9-7-14(8-10-15)21-13(3)26/h4-10,12H,11H2,1-3H3,(H,21,26)(H,22,27). The molecule has 0 aliphatic heterocycles. The van der Waals surface area contributed by atoms with Crippen LogP contribution >= 0.6 is 0 Å². The molecule has 3 rings (SSSR count). The Labute approximate surface area is 166 Å². The lowest BCUT2D eigenvalue weighted by molar-refractivity contribution is -0.117. The first kappa shape index (κ1) is 20.0. The number of amides is 2. The van der Waals surface area contributed by atoms with Crippen LogP contribution in [-0.4, -0.2) is 26.5 Å². The molecule has 0 saturated heterocycles. The summed E-state index contributed by atoms with van der Waals surface area (Å²) in [5, 5.41) is 9.28. The number of benzene rings is 1. The summed E-state index contributed by atoms with van der Waals surface area (Å²) in [6.45, 7) is 5.05. The van der Waals surface area contributed by atoms with E-state index in [-0.39, 0.29) is 29.8 Å². The Morgan fingerprint density at radius 2 is 1.72 bits per heavy atom. The van der Waals surface area contributed by atoms with Crippen molar-refractivity contribution in [2.24, 2.45) is 0 Å². The maximum atomic E-state index is 12.5. The second kappa shape index (κ2) is 8.51. The third-order valence-electron chi connectivity index (χ3n) is 4.02. The molecule has 1 aromatic carbocycles. The zero-order chi connectivity index (χ0) is 21.0. The SMILES string of the molecule is CC(=O)Nc1ccc(NC(=O)Cn2c(-c3nc(C(C)C)no3)cccc2=O)cc1. The normalized spacial score (nSPS) is 10.8. The van der Waals surface area contributed by atoms with E-state index in [4.69, 9.17) is 4.52 Å². The molecule has 2 amide bonds. The third kappa shape index (κ3) is 4.95. The minimum atomic E-state index is -0.393. The average Bonchev–Trinajstić information content (AvgIpc) is 3.15. The summed E-state index contributed by atoms with van der Waals surface area (Å²) in [6.07, 6.45) is 0. The molecule has 2 aromatic heterocycles. The molecule has 0 fully saturated rings. The summed E-state index contributed by atoms with van der Waals surface area (Å²) in [6, 6.07) is 11.2. The van der Waals surface area contributed by atoms with E-state index in [1.807, 2.05) is 13.8 Å². The molecule has 0 unspecified atom stereocenters. The maximum Gasteiger partial charge on any atom is 0.274 e. The molecule has 150 valence electrons. The van der Waals surface area contributed by atoms with Crippen molar-refractivity contribution in [3.63, 3.8) is 0 Å². The van der Waals surface area contributed by atoms with Crippen molar-refractivity contribution in [3.05, 3.63) is 58.6 Å². The van der Waals surface area contributed by atoms with Crippen molar-refractivity contribution >= 4 is 23.2 Å². The molecule has 0 aliphatic rings. The summed E-state index contributed by atoms with van der Waals surface area (Å²) < 4.78 is 6.54. The van der Waals surface area contributed by atoms with Gasteiger partial charge < -0.3 is 15.2 Å². The Kier molecular flexibility index (Phi) is 5.87. The summed E-state index contributed by atoms with van der Waals surface area (Å²) in [5.74, 6) is 0.195. The van der Waals surface area contributed by atoms with Crippen LogP contribution < -0.4 is 16.2 Å². The van der Waals surface area contributed by atoms with Crippen molar-refractivity contribution in [2.75, 3.05) is 10.6 Å². The molecule has 0 spiro atoms. The first-order valence-electron chi connectivity index (χ1n) is 9.05. The molecule has 3 aromatic rings. The van der Waals surface area contributed by atoms with Crippen molar-refractivity contribution in [1.29, 1.82) is 0 Å². The molecule has 0 atom stereocenters. The van der Waals surface area contributed by atoms with Gasteiger partial charge in [0, 0.05) is 30.3 Å². The van der Waals surface area contributed by atoms with Gasteiger partial charge in [0.1, 0.15) is 12.2 Å². The van der Waals surface area contributed by atoms with E-state index in [1.54, 1.807) is 36.4 Å². The van der Waals surface area contributed by atoms with E-state index in [0.717, 1.165) is 0 Å². The molecule has 2 heterocycles. The Bertz CT molecular complexity index is 1080. The van der Waals surface area contributed by atoms with Crippen LogP contribution in [0.4, 0.5) is 11.4 Å². The molecule has 0 aliphatic carbocycles. The van der Waals surface area contributed by atoms with Crippen LogP contribution in [0.25, 0.3) is 11.6 Å².